The number of carbonyl (C=O) groups excluding carboxylic acids is 1. The van der Waals surface area contributed by atoms with Gasteiger partial charge in [-0.25, -0.2) is 0 Å². The zero-order valence-electron chi connectivity index (χ0n) is 10.8. The maximum atomic E-state index is 12.1. The number of rotatable bonds is 5. The molecule has 1 aromatic heterocycles. The van der Waals surface area contributed by atoms with Crippen molar-refractivity contribution in [2.45, 2.75) is 6.61 Å². The minimum Gasteiger partial charge on any atom is -0.289 e. The third-order valence-electron chi connectivity index (χ3n) is 2.60. The van der Waals surface area contributed by atoms with E-state index in [0.717, 1.165) is 6.26 Å². The van der Waals surface area contributed by atoms with Crippen LogP contribution >= 0.6 is 0 Å². The molecule has 1 heterocycles. The lowest BCUT2D eigenvalue weighted by Gasteiger charge is -2.04. The molecular weight excluding hydrogens is 278 g/mol. The molecule has 1 aromatic carbocycles. The van der Waals surface area contributed by atoms with Gasteiger partial charge in [-0.3, -0.25) is 14.0 Å². The average molecular weight is 291 g/mol. The van der Waals surface area contributed by atoms with E-state index >= 15 is 0 Å². The van der Waals surface area contributed by atoms with Crippen molar-refractivity contribution in [1.82, 2.24) is 4.98 Å². The highest BCUT2D eigenvalue weighted by atomic mass is 32.2. The van der Waals surface area contributed by atoms with E-state index in [0.29, 0.717) is 16.7 Å². The summed E-state index contributed by atoms with van der Waals surface area (Å²) in [6.45, 7) is -0.0391. The maximum absolute atomic E-state index is 12.1. The van der Waals surface area contributed by atoms with E-state index in [2.05, 4.69) is 9.17 Å². The maximum Gasteiger partial charge on any atom is 0.264 e. The van der Waals surface area contributed by atoms with Gasteiger partial charge in [-0.05, 0) is 17.7 Å². The normalized spacial score (nSPS) is 11.2. The van der Waals surface area contributed by atoms with Gasteiger partial charge >= 0.3 is 0 Å². The van der Waals surface area contributed by atoms with Crippen LogP contribution in [-0.2, 0) is 20.9 Å². The van der Waals surface area contributed by atoms with E-state index in [1.165, 1.54) is 0 Å². The number of carbonyl (C=O) groups is 1. The molecule has 6 heteroatoms. The molecule has 2 rings (SSSR count). The van der Waals surface area contributed by atoms with Crippen LogP contribution < -0.4 is 0 Å². The molecule has 0 saturated heterocycles. The van der Waals surface area contributed by atoms with Gasteiger partial charge in [-0.15, -0.1) is 0 Å². The summed E-state index contributed by atoms with van der Waals surface area (Å²) < 4.78 is 26.4. The molecule has 5 nitrogen and oxygen atoms in total. The molecule has 0 N–H and O–H groups in total. The third-order valence-corrected chi connectivity index (χ3v) is 3.14. The number of pyridine rings is 1. The Morgan fingerprint density at radius 2 is 1.60 bits per heavy atom. The summed E-state index contributed by atoms with van der Waals surface area (Å²) in [7, 11) is -3.47. The number of aromatic nitrogens is 1. The van der Waals surface area contributed by atoms with Crippen LogP contribution in [0.25, 0.3) is 0 Å². The van der Waals surface area contributed by atoms with E-state index in [1.54, 1.807) is 48.8 Å². The van der Waals surface area contributed by atoms with Crippen molar-refractivity contribution in [3.05, 3.63) is 65.5 Å². The first-order chi connectivity index (χ1) is 9.46. The molecule has 0 saturated carbocycles. The molecule has 0 aliphatic rings. The molecule has 0 bridgehead atoms. The lowest BCUT2D eigenvalue weighted by Crippen LogP contribution is -2.04. The molecule has 0 atom stereocenters. The van der Waals surface area contributed by atoms with Gasteiger partial charge < -0.3 is 0 Å². The van der Waals surface area contributed by atoms with Crippen LogP contribution in [0.3, 0.4) is 0 Å². The van der Waals surface area contributed by atoms with Gasteiger partial charge in [0, 0.05) is 23.5 Å². The van der Waals surface area contributed by atoms with Gasteiger partial charge in [0.15, 0.2) is 5.78 Å². The number of hydrogen-bond donors (Lipinski definition) is 0. The van der Waals surface area contributed by atoms with Gasteiger partial charge in [0.05, 0.1) is 12.9 Å². The number of benzene rings is 1. The van der Waals surface area contributed by atoms with Gasteiger partial charge in [-0.2, -0.15) is 8.42 Å². The summed E-state index contributed by atoms with van der Waals surface area (Å²) in [6.07, 6.45) is 4.11. The van der Waals surface area contributed by atoms with E-state index < -0.39 is 10.1 Å². The summed E-state index contributed by atoms with van der Waals surface area (Å²) in [5.74, 6) is -0.108. The zero-order chi connectivity index (χ0) is 14.6. The first-order valence-corrected chi connectivity index (χ1v) is 7.65. The predicted molar refractivity (Wildman–Crippen MR) is 73.7 cm³/mol. The summed E-state index contributed by atoms with van der Waals surface area (Å²) in [4.78, 5) is 16.0. The topological polar surface area (TPSA) is 73.3 Å². The minimum atomic E-state index is -3.47. The van der Waals surface area contributed by atoms with Crippen LogP contribution in [0.5, 0.6) is 0 Å². The summed E-state index contributed by atoms with van der Waals surface area (Å²) >= 11 is 0. The summed E-state index contributed by atoms with van der Waals surface area (Å²) in [6, 6.07) is 9.90. The molecule has 0 spiro atoms. The summed E-state index contributed by atoms with van der Waals surface area (Å²) in [5, 5.41) is 0. The summed E-state index contributed by atoms with van der Waals surface area (Å²) in [5.41, 5.74) is 1.76. The number of nitrogens with zero attached hydrogens (tertiary/aromatic N) is 1. The molecule has 2 aromatic rings. The highest BCUT2D eigenvalue weighted by Gasteiger charge is 2.09. The van der Waals surface area contributed by atoms with Crippen molar-refractivity contribution < 1.29 is 17.4 Å². The Bertz CT molecular complexity index is 694. The van der Waals surface area contributed by atoms with E-state index in [4.69, 9.17) is 0 Å². The SMILES string of the molecule is CS(=O)(=O)OCc1ccc(C(=O)c2ccncc2)cc1. The molecule has 0 aliphatic carbocycles. The Morgan fingerprint density at radius 3 is 2.15 bits per heavy atom. The quantitative estimate of drug-likeness (QED) is 0.620. The van der Waals surface area contributed by atoms with Crippen LogP contribution in [0.1, 0.15) is 21.5 Å². The fourth-order valence-electron chi connectivity index (χ4n) is 1.60. The molecule has 0 unspecified atom stereocenters. The van der Waals surface area contributed by atoms with Gasteiger partial charge in [-0.1, -0.05) is 24.3 Å². The van der Waals surface area contributed by atoms with Gasteiger partial charge in [0.1, 0.15) is 0 Å². The van der Waals surface area contributed by atoms with Crippen LogP contribution in [0, 0.1) is 0 Å². The van der Waals surface area contributed by atoms with Crippen molar-refractivity contribution in [2.75, 3.05) is 6.26 Å². The highest BCUT2D eigenvalue weighted by Crippen LogP contribution is 2.11. The molecular formula is C14H13NO4S. The van der Waals surface area contributed by atoms with E-state index in [1.807, 2.05) is 0 Å². The first-order valence-electron chi connectivity index (χ1n) is 5.84. The van der Waals surface area contributed by atoms with E-state index in [-0.39, 0.29) is 12.4 Å². The van der Waals surface area contributed by atoms with Crippen LogP contribution in [0.2, 0.25) is 0 Å². The number of ketones is 1. The van der Waals surface area contributed by atoms with Crippen molar-refractivity contribution in [3.8, 4) is 0 Å². The lowest BCUT2D eigenvalue weighted by atomic mass is 10.0. The van der Waals surface area contributed by atoms with Crippen molar-refractivity contribution in [2.24, 2.45) is 0 Å². The largest absolute Gasteiger partial charge is 0.289 e. The minimum absolute atomic E-state index is 0.0391. The second-order valence-electron chi connectivity index (χ2n) is 4.23. The molecule has 0 aliphatic heterocycles. The van der Waals surface area contributed by atoms with Crippen LogP contribution in [-0.4, -0.2) is 25.4 Å². The van der Waals surface area contributed by atoms with E-state index in [9.17, 15) is 13.2 Å². The zero-order valence-corrected chi connectivity index (χ0v) is 11.6. The molecule has 0 amide bonds. The number of hydrogen-bond acceptors (Lipinski definition) is 5. The van der Waals surface area contributed by atoms with Crippen molar-refractivity contribution in [1.29, 1.82) is 0 Å². The fourth-order valence-corrected chi connectivity index (χ4v) is 1.95. The van der Waals surface area contributed by atoms with Crippen LogP contribution in [0.4, 0.5) is 0 Å². The molecule has 0 radical (unpaired) electrons. The van der Waals surface area contributed by atoms with Gasteiger partial charge in [0.2, 0.25) is 0 Å². The molecule has 0 fully saturated rings. The second-order valence-corrected chi connectivity index (χ2v) is 5.87. The van der Waals surface area contributed by atoms with Crippen LogP contribution in [0.15, 0.2) is 48.8 Å². The second kappa shape index (κ2) is 5.94. The van der Waals surface area contributed by atoms with Crippen molar-refractivity contribution in [3.63, 3.8) is 0 Å². The van der Waals surface area contributed by atoms with Crippen molar-refractivity contribution >= 4 is 15.9 Å². The lowest BCUT2D eigenvalue weighted by molar-refractivity contribution is 0.103. The molecule has 20 heavy (non-hydrogen) atoms. The average Bonchev–Trinajstić information content (AvgIpc) is 2.45. The highest BCUT2D eigenvalue weighted by molar-refractivity contribution is 7.85. The Hall–Kier alpha value is -2.05. The molecule has 104 valence electrons. The third kappa shape index (κ3) is 3.97. The predicted octanol–water partition coefficient (Wildman–Crippen LogP) is 1.79. The fraction of sp³-hybridized carbons (Fsp3) is 0.143. The monoisotopic (exact) mass is 291 g/mol. The first kappa shape index (κ1) is 14.4. The Balaban J connectivity index is 2.11. The van der Waals surface area contributed by atoms with Gasteiger partial charge in [0.25, 0.3) is 10.1 Å². The standard InChI is InChI=1S/C14H13NO4S/c1-20(17,18)19-10-11-2-4-12(5-3-11)14(16)13-6-8-15-9-7-13/h2-9H,10H2,1H3. The Morgan fingerprint density at radius 1 is 1.05 bits per heavy atom. The Labute approximate surface area is 117 Å². The Kier molecular flexibility index (Phi) is 4.26. The smallest absolute Gasteiger partial charge is 0.264 e.